The van der Waals surface area contributed by atoms with Gasteiger partial charge < -0.3 is 20.3 Å². The minimum atomic E-state index is 0. The molecule has 0 amide bonds. The fraction of sp³-hybridized carbons (Fsp3) is 0.722. The lowest BCUT2D eigenvalue weighted by Crippen LogP contribution is -2.48. The Morgan fingerprint density at radius 3 is 2.67 bits per heavy atom. The van der Waals surface area contributed by atoms with E-state index in [-0.39, 0.29) is 24.0 Å². The van der Waals surface area contributed by atoms with Gasteiger partial charge in [0.05, 0.1) is 6.10 Å². The van der Waals surface area contributed by atoms with Crippen LogP contribution in [0.25, 0.3) is 0 Å². The molecule has 0 aliphatic carbocycles. The van der Waals surface area contributed by atoms with Crippen LogP contribution in [0.2, 0.25) is 0 Å². The van der Waals surface area contributed by atoms with Crippen LogP contribution >= 0.6 is 24.0 Å². The minimum Gasteiger partial charge on any atom is -0.376 e. The van der Waals surface area contributed by atoms with Crippen molar-refractivity contribution in [2.45, 2.75) is 25.4 Å². The van der Waals surface area contributed by atoms with Gasteiger partial charge in [-0.3, -0.25) is 9.89 Å². The van der Waals surface area contributed by atoms with E-state index < -0.39 is 0 Å². The fourth-order valence-corrected chi connectivity index (χ4v) is 3.37. The lowest BCUT2D eigenvalue weighted by atomic mass is 10.2. The van der Waals surface area contributed by atoms with Crippen LogP contribution in [-0.2, 0) is 4.74 Å². The van der Waals surface area contributed by atoms with Crippen LogP contribution in [0.15, 0.2) is 23.5 Å². The lowest BCUT2D eigenvalue weighted by Gasteiger charge is -2.34. The number of nitrogens with zero attached hydrogens (tertiary/aromatic N) is 5. The van der Waals surface area contributed by atoms with E-state index in [9.17, 15) is 0 Å². The summed E-state index contributed by atoms with van der Waals surface area (Å²) in [5, 5.41) is 6.75. The Kier molecular flexibility index (Phi) is 10.1. The van der Waals surface area contributed by atoms with E-state index in [4.69, 9.17) is 4.74 Å². The van der Waals surface area contributed by atoms with E-state index in [1.54, 1.807) is 12.4 Å². The van der Waals surface area contributed by atoms with Crippen LogP contribution in [0, 0.1) is 0 Å². The average Bonchev–Trinajstić information content (AvgIpc) is 3.22. The lowest BCUT2D eigenvalue weighted by molar-refractivity contribution is 0.114. The summed E-state index contributed by atoms with van der Waals surface area (Å²) in [5.41, 5.74) is 0. The van der Waals surface area contributed by atoms with Crippen molar-refractivity contribution in [3.63, 3.8) is 0 Å². The zero-order valence-corrected chi connectivity index (χ0v) is 18.5. The molecule has 3 heterocycles. The number of rotatable bonds is 7. The van der Waals surface area contributed by atoms with Crippen LogP contribution in [-0.4, -0.2) is 86.4 Å². The molecule has 0 spiro atoms. The molecule has 2 aliphatic rings. The Morgan fingerprint density at radius 1 is 1.22 bits per heavy atom. The van der Waals surface area contributed by atoms with E-state index >= 15 is 0 Å². The minimum absolute atomic E-state index is 0. The SMILES string of the molecule is CN=C(NCCCN1CCN(c2ncccn2)CC1)NCC1CCCO1.I. The molecule has 3 rings (SSSR count). The maximum Gasteiger partial charge on any atom is 0.225 e. The first-order valence-electron chi connectivity index (χ1n) is 9.65. The maximum atomic E-state index is 5.63. The molecule has 9 heteroatoms. The Balaban J connectivity index is 0.00000261. The summed E-state index contributed by atoms with van der Waals surface area (Å²) in [4.78, 5) is 17.7. The van der Waals surface area contributed by atoms with Crippen molar-refractivity contribution < 1.29 is 4.74 Å². The number of ether oxygens (including phenoxy) is 1. The summed E-state index contributed by atoms with van der Waals surface area (Å²) < 4.78 is 5.63. The molecule has 2 aliphatic heterocycles. The molecule has 1 aromatic heterocycles. The largest absolute Gasteiger partial charge is 0.376 e. The van der Waals surface area contributed by atoms with Gasteiger partial charge in [-0.1, -0.05) is 0 Å². The van der Waals surface area contributed by atoms with Crippen molar-refractivity contribution in [3.05, 3.63) is 18.5 Å². The van der Waals surface area contributed by atoms with Crippen molar-refractivity contribution in [1.29, 1.82) is 0 Å². The van der Waals surface area contributed by atoms with Crippen molar-refractivity contribution in [2.75, 3.05) is 64.4 Å². The van der Waals surface area contributed by atoms with Crippen molar-refractivity contribution in [3.8, 4) is 0 Å². The number of aliphatic imine (C=N–C) groups is 1. The predicted molar refractivity (Wildman–Crippen MR) is 119 cm³/mol. The molecular formula is C18H32IN7O. The molecule has 2 N–H and O–H groups in total. The Bertz CT molecular complexity index is 546. The van der Waals surface area contributed by atoms with E-state index in [1.807, 2.05) is 13.1 Å². The summed E-state index contributed by atoms with van der Waals surface area (Å²) in [5.74, 6) is 1.71. The third-order valence-corrected chi connectivity index (χ3v) is 4.90. The molecule has 152 valence electrons. The third kappa shape index (κ3) is 7.38. The number of guanidine groups is 1. The number of aromatic nitrogens is 2. The van der Waals surface area contributed by atoms with Gasteiger partial charge >= 0.3 is 0 Å². The van der Waals surface area contributed by atoms with Crippen LogP contribution in [0.1, 0.15) is 19.3 Å². The molecule has 2 fully saturated rings. The van der Waals surface area contributed by atoms with E-state index in [0.29, 0.717) is 6.10 Å². The van der Waals surface area contributed by atoms with Crippen LogP contribution in [0.5, 0.6) is 0 Å². The van der Waals surface area contributed by atoms with Crippen molar-refractivity contribution in [1.82, 2.24) is 25.5 Å². The van der Waals surface area contributed by atoms with Gasteiger partial charge in [0.1, 0.15) is 0 Å². The predicted octanol–water partition coefficient (Wildman–Crippen LogP) is 0.951. The summed E-state index contributed by atoms with van der Waals surface area (Å²) in [6.07, 6.45) is 7.35. The van der Waals surface area contributed by atoms with Crippen LogP contribution in [0.3, 0.4) is 0 Å². The Morgan fingerprint density at radius 2 is 2.00 bits per heavy atom. The summed E-state index contributed by atoms with van der Waals surface area (Å²) in [6.45, 7) is 7.84. The zero-order chi connectivity index (χ0) is 18.0. The Hall–Kier alpha value is -1.20. The standard InChI is InChI=1S/C18H31N7O.HI/c1-19-17(23-15-16-5-2-14-26-16)20-8-4-9-24-10-12-25(13-11-24)18-21-6-3-7-22-18;/h3,6-7,16H,2,4-5,8-15H2,1H3,(H2,19,20,23);1H. The van der Waals surface area contributed by atoms with Gasteiger partial charge in [0.2, 0.25) is 5.95 Å². The average molecular weight is 489 g/mol. The smallest absolute Gasteiger partial charge is 0.225 e. The van der Waals surface area contributed by atoms with E-state index in [0.717, 1.165) is 77.2 Å². The first-order chi connectivity index (χ1) is 12.8. The van der Waals surface area contributed by atoms with Gasteiger partial charge in [-0.2, -0.15) is 0 Å². The second kappa shape index (κ2) is 12.3. The molecular weight excluding hydrogens is 457 g/mol. The highest BCUT2D eigenvalue weighted by Crippen LogP contribution is 2.11. The third-order valence-electron chi connectivity index (χ3n) is 4.90. The molecule has 27 heavy (non-hydrogen) atoms. The van der Waals surface area contributed by atoms with Gasteiger partial charge in [0.15, 0.2) is 5.96 Å². The monoisotopic (exact) mass is 489 g/mol. The van der Waals surface area contributed by atoms with Gasteiger partial charge in [-0.05, 0) is 31.9 Å². The summed E-state index contributed by atoms with van der Waals surface area (Å²) in [7, 11) is 1.82. The fourth-order valence-electron chi connectivity index (χ4n) is 3.37. The highest BCUT2D eigenvalue weighted by Gasteiger charge is 2.18. The van der Waals surface area contributed by atoms with E-state index in [2.05, 4.69) is 35.4 Å². The van der Waals surface area contributed by atoms with Crippen molar-refractivity contribution in [2.24, 2.45) is 4.99 Å². The molecule has 0 saturated carbocycles. The van der Waals surface area contributed by atoms with Crippen LogP contribution < -0.4 is 15.5 Å². The molecule has 0 radical (unpaired) electrons. The number of nitrogens with one attached hydrogen (secondary N) is 2. The van der Waals surface area contributed by atoms with Crippen molar-refractivity contribution >= 4 is 35.9 Å². The first-order valence-corrected chi connectivity index (χ1v) is 9.65. The van der Waals surface area contributed by atoms with Crippen LogP contribution in [0.4, 0.5) is 5.95 Å². The highest BCUT2D eigenvalue weighted by molar-refractivity contribution is 14.0. The molecule has 0 aromatic carbocycles. The molecule has 1 unspecified atom stereocenters. The Labute approximate surface area is 179 Å². The molecule has 1 atom stereocenters. The number of hydrogen-bond acceptors (Lipinski definition) is 6. The summed E-state index contributed by atoms with van der Waals surface area (Å²) >= 11 is 0. The number of piperazine rings is 1. The number of anilines is 1. The quantitative estimate of drug-likeness (QED) is 0.256. The van der Waals surface area contributed by atoms with Gasteiger partial charge in [0, 0.05) is 65.3 Å². The van der Waals surface area contributed by atoms with Gasteiger partial charge in [-0.15, -0.1) is 24.0 Å². The van der Waals surface area contributed by atoms with E-state index in [1.165, 1.54) is 6.42 Å². The second-order valence-electron chi connectivity index (χ2n) is 6.75. The maximum absolute atomic E-state index is 5.63. The molecule has 8 nitrogen and oxygen atoms in total. The molecule has 2 saturated heterocycles. The normalized spacial score (nSPS) is 21.0. The number of hydrogen-bond donors (Lipinski definition) is 2. The molecule has 1 aromatic rings. The topological polar surface area (TPSA) is 77.9 Å². The summed E-state index contributed by atoms with van der Waals surface area (Å²) in [6, 6.07) is 1.86. The van der Waals surface area contributed by atoms with Gasteiger partial charge in [0.25, 0.3) is 0 Å². The first kappa shape index (κ1) is 22.1. The number of halogens is 1. The zero-order valence-electron chi connectivity index (χ0n) is 16.1. The molecule has 0 bridgehead atoms. The highest BCUT2D eigenvalue weighted by atomic mass is 127. The second-order valence-corrected chi connectivity index (χ2v) is 6.75. The van der Waals surface area contributed by atoms with Gasteiger partial charge in [-0.25, -0.2) is 9.97 Å².